The maximum Gasteiger partial charge on any atom is 0.387 e. The number of carbonyl (C=O) groups is 1. The van der Waals surface area contributed by atoms with Crippen LogP contribution in [0.3, 0.4) is 0 Å². The third-order valence-corrected chi connectivity index (χ3v) is 2.55. The Morgan fingerprint density at radius 3 is 2.21 bits per heavy atom. The number of anilines is 1. The summed E-state index contributed by atoms with van der Waals surface area (Å²) in [5.41, 5.74) is 6.11. The van der Waals surface area contributed by atoms with Gasteiger partial charge in [0.25, 0.3) is 0 Å². The van der Waals surface area contributed by atoms with Crippen LogP contribution in [-0.4, -0.2) is 18.6 Å². The number of amides is 1. The van der Waals surface area contributed by atoms with Crippen LogP contribution in [0.15, 0.2) is 24.3 Å². The van der Waals surface area contributed by atoms with Crippen LogP contribution in [0.1, 0.15) is 13.8 Å². The van der Waals surface area contributed by atoms with Crippen molar-refractivity contribution in [1.29, 1.82) is 0 Å². The van der Waals surface area contributed by atoms with E-state index in [9.17, 15) is 13.6 Å². The molecule has 1 aromatic carbocycles. The molecular formula is C12H17ClF2N2O2. The molecule has 0 radical (unpaired) electrons. The molecule has 7 heteroatoms. The molecule has 0 saturated heterocycles. The predicted octanol–water partition coefficient (Wildman–Crippen LogP) is 2.63. The van der Waals surface area contributed by atoms with E-state index >= 15 is 0 Å². The summed E-state index contributed by atoms with van der Waals surface area (Å²) < 4.78 is 28.0. The first kappa shape index (κ1) is 17.6. The summed E-state index contributed by atoms with van der Waals surface area (Å²) in [6.45, 7) is 0.599. The van der Waals surface area contributed by atoms with Crippen LogP contribution in [0.4, 0.5) is 14.5 Å². The zero-order valence-electron chi connectivity index (χ0n) is 10.6. The molecule has 0 aromatic heterocycles. The Kier molecular flexibility index (Phi) is 7.33. The number of benzene rings is 1. The number of ether oxygens (including phenoxy) is 1. The summed E-state index contributed by atoms with van der Waals surface area (Å²) in [6.07, 6.45) is 0. The number of hydrogen-bond acceptors (Lipinski definition) is 3. The molecule has 1 aromatic rings. The molecule has 0 bridgehead atoms. The van der Waals surface area contributed by atoms with Crippen molar-refractivity contribution in [3.05, 3.63) is 24.3 Å². The average Bonchev–Trinajstić information content (AvgIpc) is 2.29. The quantitative estimate of drug-likeness (QED) is 0.877. The van der Waals surface area contributed by atoms with Crippen molar-refractivity contribution in [2.75, 3.05) is 5.32 Å². The van der Waals surface area contributed by atoms with Gasteiger partial charge in [-0.2, -0.15) is 8.78 Å². The van der Waals surface area contributed by atoms with E-state index < -0.39 is 6.61 Å². The van der Waals surface area contributed by atoms with Gasteiger partial charge in [-0.25, -0.2) is 0 Å². The molecule has 4 nitrogen and oxygen atoms in total. The Morgan fingerprint density at radius 2 is 1.79 bits per heavy atom. The summed E-state index contributed by atoms with van der Waals surface area (Å²) >= 11 is 0. The Morgan fingerprint density at radius 1 is 1.26 bits per heavy atom. The van der Waals surface area contributed by atoms with Gasteiger partial charge in [0.1, 0.15) is 5.75 Å². The molecule has 0 spiro atoms. The number of hydrogen-bond donors (Lipinski definition) is 2. The monoisotopic (exact) mass is 294 g/mol. The number of halogens is 3. The lowest BCUT2D eigenvalue weighted by atomic mass is 10.0. The Labute approximate surface area is 116 Å². The second-order valence-electron chi connectivity index (χ2n) is 4.04. The van der Waals surface area contributed by atoms with Gasteiger partial charge in [0, 0.05) is 11.7 Å². The van der Waals surface area contributed by atoms with Gasteiger partial charge in [-0.15, -0.1) is 12.4 Å². The van der Waals surface area contributed by atoms with Gasteiger partial charge in [-0.05, 0) is 31.2 Å². The normalized spacial score (nSPS) is 13.4. The molecule has 108 valence electrons. The molecule has 0 aliphatic heterocycles. The van der Waals surface area contributed by atoms with Crippen LogP contribution in [0.5, 0.6) is 5.75 Å². The van der Waals surface area contributed by atoms with Gasteiger partial charge >= 0.3 is 6.61 Å². The second kappa shape index (κ2) is 7.91. The summed E-state index contributed by atoms with van der Waals surface area (Å²) in [6, 6.07) is 5.44. The Balaban J connectivity index is 0.00000324. The first-order chi connectivity index (χ1) is 8.40. The number of alkyl halides is 2. The molecule has 1 rings (SSSR count). The zero-order valence-corrected chi connectivity index (χ0v) is 11.4. The van der Waals surface area contributed by atoms with Crippen LogP contribution in [0.2, 0.25) is 0 Å². The smallest absolute Gasteiger partial charge is 0.387 e. The van der Waals surface area contributed by atoms with Crippen molar-refractivity contribution in [2.45, 2.75) is 26.5 Å². The maximum absolute atomic E-state index is 11.9. The van der Waals surface area contributed by atoms with E-state index in [1.165, 1.54) is 24.3 Å². The van der Waals surface area contributed by atoms with Crippen molar-refractivity contribution >= 4 is 24.0 Å². The molecule has 0 fully saturated rings. The van der Waals surface area contributed by atoms with Gasteiger partial charge in [0.15, 0.2) is 0 Å². The van der Waals surface area contributed by atoms with E-state index in [4.69, 9.17) is 5.73 Å². The highest BCUT2D eigenvalue weighted by Gasteiger charge is 2.16. The standard InChI is InChI=1S/C12H16F2N2O2.ClH/c1-7(8(2)15)11(17)16-9-3-5-10(6-4-9)18-12(13)14;/h3-8,12H,15H2,1-2H3,(H,16,17);1H. The molecule has 0 saturated carbocycles. The minimum absolute atomic E-state index is 0. The topological polar surface area (TPSA) is 64.4 Å². The van der Waals surface area contributed by atoms with E-state index in [1.807, 2.05) is 0 Å². The molecule has 1 amide bonds. The van der Waals surface area contributed by atoms with E-state index in [2.05, 4.69) is 10.1 Å². The van der Waals surface area contributed by atoms with Gasteiger partial charge in [-0.3, -0.25) is 4.79 Å². The van der Waals surface area contributed by atoms with E-state index in [-0.39, 0.29) is 36.0 Å². The molecule has 2 atom stereocenters. The minimum atomic E-state index is -2.86. The lowest BCUT2D eigenvalue weighted by Gasteiger charge is -2.15. The molecule has 0 heterocycles. The fourth-order valence-corrected chi connectivity index (χ4v) is 1.21. The molecule has 3 N–H and O–H groups in total. The van der Waals surface area contributed by atoms with Crippen LogP contribution in [0.25, 0.3) is 0 Å². The van der Waals surface area contributed by atoms with Gasteiger partial charge in [0.2, 0.25) is 5.91 Å². The maximum atomic E-state index is 11.9. The highest BCUT2D eigenvalue weighted by atomic mass is 35.5. The Bertz CT molecular complexity index is 399. The minimum Gasteiger partial charge on any atom is -0.435 e. The van der Waals surface area contributed by atoms with Crippen LogP contribution < -0.4 is 15.8 Å². The lowest BCUT2D eigenvalue weighted by molar-refractivity contribution is -0.119. The molecule has 0 aliphatic rings. The Hall–Kier alpha value is -1.40. The summed E-state index contributed by atoms with van der Waals surface area (Å²) in [5, 5.41) is 2.64. The van der Waals surface area contributed by atoms with Gasteiger partial charge in [0.05, 0.1) is 5.92 Å². The fourth-order valence-electron chi connectivity index (χ4n) is 1.21. The average molecular weight is 295 g/mol. The largest absolute Gasteiger partial charge is 0.435 e. The van der Waals surface area contributed by atoms with E-state index in [0.29, 0.717) is 5.69 Å². The summed E-state index contributed by atoms with van der Waals surface area (Å²) in [4.78, 5) is 11.7. The SMILES string of the molecule is CC(N)C(C)C(=O)Nc1ccc(OC(F)F)cc1.Cl. The number of rotatable bonds is 5. The number of nitrogens with two attached hydrogens (primary N) is 1. The lowest BCUT2D eigenvalue weighted by Crippen LogP contribution is -2.34. The number of nitrogens with one attached hydrogen (secondary N) is 1. The van der Waals surface area contributed by atoms with Crippen molar-refractivity contribution in [1.82, 2.24) is 0 Å². The first-order valence-corrected chi connectivity index (χ1v) is 5.51. The van der Waals surface area contributed by atoms with E-state index in [0.717, 1.165) is 0 Å². The highest BCUT2D eigenvalue weighted by molar-refractivity contribution is 5.92. The third-order valence-electron chi connectivity index (χ3n) is 2.55. The van der Waals surface area contributed by atoms with E-state index in [1.54, 1.807) is 13.8 Å². The predicted molar refractivity (Wildman–Crippen MR) is 71.8 cm³/mol. The van der Waals surface area contributed by atoms with Crippen molar-refractivity contribution in [2.24, 2.45) is 11.7 Å². The number of carbonyl (C=O) groups excluding carboxylic acids is 1. The fraction of sp³-hybridized carbons (Fsp3) is 0.417. The van der Waals surface area contributed by atoms with Gasteiger partial charge < -0.3 is 15.8 Å². The summed E-state index contributed by atoms with van der Waals surface area (Å²) in [5.74, 6) is -0.502. The molecule has 19 heavy (non-hydrogen) atoms. The first-order valence-electron chi connectivity index (χ1n) is 5.51. The van der Waals surface area contributed by atoms with Crippen molar-refractivity contribution in [3.8, 4) is 5.75 Å². The third kappa shape index (κ3) is 5.85. The molecule has 2 unspecified atom stereocenters. The summed E-state index contributed by atoms with van der Waals surface area (Å²) in [7, 11) is 0. The molecular weight excluding hydrogens is 278 g/mol. The highest BCUT2D eigenvalue weighted by Crippen LogP contribution is 2.18. The van der Waals surface area contributed by atoms with Crippen molar-refractivity contribution < 1.29 is 18.3 Å². The van der Waals surface area contributed by atoms with Crippen LogP contribution in [-0.2, 0) is 4.79 Å². The second-order valence-corrected chi connectivity index (χ2v) is 4.04. The molecule has 0 aliphatic carbocycles. The van der Waals surface area contributed by atoms with Crippen LogP contribution in [0, 0.1) is 5.92 Å². The van der Waals surface area contributed by atoms with Crippen molar-refractivity contribution in [3.63, 3.8) is 0 Å². The zero-order chi connectivity index (χ0) is 13.7. The van der Waals surface area contributed by atoms with Crippen LogP contribution >= 0.6 is 12.4 Å². The van der Waals surface area contributed by atoms with Gasteiger partial charge in [-0.1, -0.05) is 6.92 Å².